The monoisotopic (exact) mass is 370 g/mol. The molecule has 1 saturated heterocycles. The van der Waals surface area contributed by atoms with Crippen LogP contribution in [-0.2, 0) is 4.74 Å². The first-order valence-corrected chi connectivity index (χ1v) is 6.17. The highest BCUT2D eigenvalue weighted by Crippen LogP contribution is 2.27. The van der Waals surface area contributed by atoms with Crippen molar-refractivity contribution in [1.82, 2.24) is 9.55 Å². The zero-order chi connectivity index (χ0) is 13.4. The van der Waals surface area contributed by atoms with Crippen LogP contribution in [0.25, 0.3) is 0 Å². The zero-order valence-electron chi connectivity index (χ0n) is 8.99. The van der Waals surface area contributed by atoms with Crippen LogP contribution in [0.3, 0.4) is 0 Å². The van der Waals surface area contributed by atoms with Crippen molar-refractivity contribution in [3.63, 3.8) is 0 Å². The maximum absolute atomic E-state index is 11.6. The largest absolute Gasteiger partial charge is 0.394 e. The standard InChI is InChI=1S/C9H11IN2O6/c10-3-1-12(9(17)11-7(3)16)8-6(15)5(14)4(2-13)18-8/h1,4-6,8,13-15H,2H2,(H,11,16,17)/t4-,5-,6-,8?/m1/s1. The number of H-pyrrole nitrogens is 1. The predicted molar refractivity (Wildman–Crippen MR) is 67.0 cm³/mol. The molecule has 9 heteroatoms. The molecule has 2 heterocycles. The Balaban J connectivity index is 2.42. The smallest absolute Gasteiger partial charge is 0.330 e. The van der Waals surface area contributed by atoms with Gasteiger partial charge in [0.05, 0.1) is 10.2 Å². The highest BCUT2D eigenvalue weighted by Gasteiger charge is 2.43. The summed E-state index contributed by atoms with van der Waals surface area (Å²) >= 11 is 1.73. The number of rotatable bonds is 2. The Morgan fingerprint density at radius 1 is 1.39 bits per heavy atom. The Kier molecular flexibility index (Phi) is 3.87. The molecule has 0 aliphatic carbocycles. The lowest BCUT2D eigenvalue weighted by molar-refractivity contribution is -0.0551. The molecule has 1 aromatic heterocycles. The molecule has 1 aliphatic rings. The van der Waals surface area contributed by atoms with Crippen LogP contribution >= 0.6 is 22.6 Å². The van der Waals surface area contributed by atoms with Gasteiger partial charge >= 0.3 is 5.69 Å². The highest BCUT2D eigenvalue weighted by atomic mass is 127. The van der Waals surface area contributed by atoms with E-state index in [0.717, 1.165) is 4.57 Å². The van der Waals surface area contributed by atoms with E-state index >= 15 is 0 Å². The second-order valence-corrected chi connectivity index (χ2v) is 5.03. The molecular weight excluding hydrogens is 359 g/mol. The van der Waals surface area contributed by atoms with Gasteiger partial charge in [-0.1, -0.05) is 0 Å². The van der Waals surface area contributed by atoms with Crippen molar-refractivity contribution in [2.75, 3.05) is 6.61 Å². The van der Waals surface area contributed by atoms with Crippen LogP contribution in [-0.4, -0.2) is 49.8 Å². The number of nitrogens with zero attached hydrogens (tertiary/aromatic N) is 1. The second kappa shape index (κ2) is 5.09. The van der Waals surface area contributed by atoms with E-state index in [0.29, 0.717) is 0 Å². The van der Waals surface area contributed by atoms with E-state index in [4.69, 9.17) is 9.84 Å². The van der Waals surface area contributed by atoms with Gasteiger partial charge in [-0.05, 0) is 22.6 Å². The molecule has 0 amide bonds. The summed E-state index contributed by atoms with van der Waals surface area (Å²) in [6, 6.07) is 0. The minimum atomic E-state index is -1.36. The predicted octanol–water partition coefficient (Wildman–Crippen LogP) is -2.25. The summed E-state index contributed by atoms with van der Waals surface area (Å²) in [7, 11) is 0. The van der Waals surface area contributed by atoms with Crippen LogP contribution in [0.4, 0.5) is 0 Å². The van der Waals surface area contributed by atoms with E-state index in [1.54, 1.807) is 22.6 Å². The van der Waals surface area contributed by atoms with Gasteiger partial charge in [-0.25, -0.2) is 4.79 Å². The Hall–Kier alpha value is -0.750. The van der Waals surface area contributed by atoms with Crippen LogP contribution in [0.2, 0.25) is 0 Å². The minimum absolute atomic E-state index is 0.241. The molecule has 0 radical (unpaired) electrons. The molecule has 8 nitrogen and oxygen atoms in total. The van der Waals surface area contributed by atoms with Crippen molar-refractivity contribution in [2.45, 2.75) is 24.5 Å². The fourth-order valence-electron chi connectivity index (χ4n) is 1.76. The van der Waals surface area contributed by atoms with Gasteiger partial charge < -0.3 is 20.1 Å². The van der Waals surface area contributed by atoms with Gasteiger partial charge in [-0.2, -0.15) is 0 Å². The molecule has 2 rings (SSSR count). The topological polar surface area (TPSA) is 125 Å². The first-order valence-electron chi connectivity index (χ1n) is 5.09. The molecule has 1 aromatic rings. The number of aromatic nitrogens is 2. The summed E-state index contributed by atoms with van der Waals surface area (Å²) in [6.45, 7) is -0.482. The van der Waals surface area contributed by atoms with Gasteiger partial charge in [-0.3, -0.25) is 14.3 Å². The molecule has 0 aromatic carbocycles. The number of aromatic amines is 1. The van der Waals surface area contributed by atoms with E-state index in [1.165, 1.54) is 6.20 Å². The van der Waals surface area contributed by atoms with Crippen LogP contribution in [0.15, 0.2) is 15.8 Å². The normalized spacial score (nSPS) is 31.8. The quantitative estimate of drug-likeness (QED) is 0.436. The highest BCUT2D eigenvalue weighted by molar-refractivity contribution is 14.1. The lowest BCUT2D eigenvalue weighted by atomic mass is 10.1. The van der Waals surface area contributed by atoms with Crippen LogP contribution < -0.4 is 11.2 Å². The van der Waals surface area contributed by atoms with Crippen molar-refractivity contribution in [3.8, 4) is 0 Å². The Bertz CT molecular complexity index is 555. The number of aliphatic hydroxyl groups is 3. The molecule has 1 aliphatic heterocycles. The summed E-state index contributed by atoms with van der Waals surface area (Å²) in [4.78, 5) is 24.9. The number of nitrogens with one attached hydrogen (secondary N) is 1. The molecule has 18 heavy (non-hydrogen) atoms. The molecule has 4 N–H and O–H groups in total. The second-order valence-electron chi connectivity index (χ2n) is 3.87. The first-order chi connectivity index (χ1) is 8.45. The molecular formula is C9H11IN2O6. The van der Waals surface area contributed by atoms with Gasteiger partial charge in [0.1, 0.15) is 18.3 Å². The van der Waals surface area contributed by atoms with E-state index in [2.05, 4.69) is 4.98 Å². The van der Waals surface area contributed by atoms with Crippen LogP contribution in [0.5, 0.6) is 0 Å². The number of aliphatic hydroxyl groups excluding tert-OH is 3. The van der Waals surface area contributed by atoms with Gasteiger partial charge in [0, 0.05) is 6.20 Å². The number of ether oxygens (including phenoxy) is 1. The van der Waals surface area contributed by atoms with E-state index in [-0.39, 0.29) is 3.57 Å². The van der Waals surface area contributed by atoms with Gasteiger partial charge in [0.2, 0.25) is 0 Å². The third-order valence-corrected chi connectivity index (χ3v) is 3.48. The van der Waals surface area contributed by atoms with E-state index in [9.17, 15) is 19.8 Å². The Labute approximate surface area is 114 Å². The van der Waals surface area contributed by atoms with E-state index in [1.807, 2.05) is 0 Å². The maximum Gasteiger partial charge on any atom is 0.330 e. The fourth-order valence-corrected chi connectivity index (χ4v) is 2.19. The Morgan fingerprint density at radius 2 is 2.06 bits per heavy atom. The lowest BCUT2D eigenvalue weighted by Crippen LogP contribution is -2.38. The molecule has 1 unspecified atom stereocenters. The van der Waals surface area contributed by atoms with Crippen molar-refractivity contribution in [1.29, 1.82) is 0 Å². The van der Waals surface area contributed by atoms with Crippen LogP contribution in [0, 0.1) is 3.57 Å². The first kappa shape index (κ1) is 13.7. The minimum Gasteiger partial charge on any atom is -0.394 e. The molecule has 4 atom stereocenters. The van der Waals surface area contributed by atoms with Gasteiger partial charge in [0.25, 0.3) is 5.56 Å². The number of hydrogen-bond acceptors (Lipinski definition) is 6. The van der Waals surface area contributed by atoms with Crippen molar-refractivity contribution in [2.24, 2.45) is 0 Å². The summed E-state index contributed by atoms with van der Waals surface area (Å²) in [5.74, 6) is 0. The third kappa shape index (κ3) is 2.23. The van der Waals surface area contributed by atoms with Crippen molar-refractivity contribution < 1.29 is 20.1 Å². The van der Waals surface area contributed by atoms with Gasteiger partial charge in [0.15, 0.2) is 6.23 Å². The van der Waals surface area contributed by atoms with Gasteiger partial charge in [-0.15, -0.1) is 0 Å². The zero-order valence-corrected chi connectivity index (χ0v) is 11.1. The van der Waals surface area contributed by atoms with Crippen LogP contribution in [0.1, 0.15) is 6.23 Å². The van der Waals surface area contributed by atoms with Crippen molar-refractivity contribution in [3.05, 3.63) is 30.6 Å². The summed E-state index contributed by atoms with van der Waals surface area (Å²) in [6.07, 6.45) is -3.54. The average Bonchev–Trinajstić information content (AvgIpc) is 2.61. The number of hydrogen-bond donors (Lipinski definition) is 4. The van der Waals surface area contributed by atoms with E-state index < -0.39 is 42.4 Å². The third-order valence-electron chi connectivity index (χ3n) is 2.72. The summed E-state index contributed by atoms with van der Waals surface area (Å²) < 4.78 is 6.40. The average molecular weight is 370 g/mol. The fraction of sp³-hybridized carbons (Fsp3) is 0.556. The number of halogens is 1. The summed E-state index contributed by atoms with van der Waals surface area (Å²) in [5.41, 5.74) is -1.29. The molecule has 0 saturated carbocycles. The Morgan fingerprint density at radius 3 is 2.61 bits per heavy atom. The summed E-state index contributed by atoms with van der Waals surface area (Å²) in [5, 5.41) is 28.3. The SMILES string of the molecule is O=c1[nH]c(=O)n(C2O[C@H](CO)[C@@H](O)[C@H]2O)cc1I. The maximum atomic E-state index is 11.6. The molecule has 100 valence electrons. The molecule has 1 fully saturated rings. The molecule has 0 spiro atoms. The van der Waals surface area contributed by atoms with Crippen molar-refractivity contribution >= 4 is 22.6 Å². The molecule has 0 bridgehead atoms. The lowest BCUT2D eigenvalue weighted by Gasteiger charge is -2.17.